The number of carboxylic acids is 1. The minimum absolute atomic E-state index is 0.207. The Morgan fingerprint density at radius 3 is 2.48 bits per heavy atom. The van der Waals surface area contributed by atoms with Crippen LogP contribution in [0, 0.1) is 6.92 Å². The van der Waals surface area contributed by atoms with Crippen molar-refractivity contribution in [2.45, 2.75) is 13.5 Å². The fraction of sp³-hybridized carbons (Fsp3) is 0.0952. The van der Waals surface area contributed by atoms with Crippen molar-refractivity contribution in [3.05, 3.63) is 82.5 Å². The summed E-state index contributed by atoms with van der Waals surface area (Å²) in [4.78, 5) is 16.6. The van der Waals surface area contributed by atoms with Gasteiger partial charge in [0.1, 0.15) is 0 Å². The van der Waals surface area contributed by atoms with Crippen molar-refractivity contribution in [3.63, 3.8) is 0 Å². The fourth-order valence-electron chi connectivity index (χ4n) is 3.15. The second kappa shape index (κ2) is 6.85. The van der Waals surface area contributed by atoms with E-state index in [9.17, 15) is 9.90 Å². The molecule has 4 aromatic rings. The Hall–Kier alpha value is -3.18. The minimum atomic E-state index is -0.992. The van der Waals surface area contributed by atoms with E-state index in [0.29, 0.717) is 34.0 Å². The molecule has 134 valence electrons. The van der Waals surface area contributed by atoms with Crippen LogP contribution in [0.1, 0.15) is 21.6 Å². The number of nitrogens with zero attached hydrogens (tertiary/aromatic N) is 3. The molecule has 0 aliphatic rings. The van der Waals surface area contributed by atoms with Gasteiger partial charge in [0.25, 0.3) is 0 Å². The first-order valence-electron chi connectivity index (χ1n) is 8.44. The number of carboxylic acid groups (broad SMARTS) is 1. The lowest BCUT2D eigenvalue weighted by Crippen LogP contribution is -2.05. The summed E-state index contributed by atoms with van der Waals surface area (Å²) in [5.74, 6) is -0.992. The Morgan fingerprint density at radius 1 is 1.11 bits per heavy atom. The van der Waals surface area contributed by atoms with E-state index in [1.165, 1.54) is 0 Å². The van der Waals surface area contributed by atoms with Crippen molar-refractivity contribution in [2.75, 3.05) is 0 Å². The van der Waals surface area contributed by atoms with Crippen LogP contribution in [0.15, 0.2) is 60.7 Å². The second-order valence-electron chi connectivity index (χ2n) is 6.29. The zero-order valence-electron chi connectivity index (χ0n) is 14.6. The van der Waals surface area contributed by atoms with Gasteiger partial charge in [-0.25, -0.2) is 14.5 Å². The van der Waals surface area contributed by atoms with Crippen molar-refractivity contribution in [2.24, 2.45) is 0 Å². The molecule has 27 heavy (non-hydrogen) atoms. The summed E-state index contributed by atoms with van der Waals surface area (Å²) in [7, 11) is 0. The third-order valence-corrected chi connectivity index (χ3v) is 4.67. The van der Waals surface area contributed by atoms with Gasteiger partial charge >= 0.3 is 5.97 Å². The van der Waals surface area contributed by atoms with E-state index in [-0.39, 0.29) is 5.56 Å². The highest BCUT2D eigenvalue weighted by Crippen LogP contribution is 2.27. The molecule has 2 aromatic heterocycles. The van der Waals surface area contributed by atoms with Crippen LogP contribution in [0.5, 0.6) is 0 Å². The molecule has 2 heterocycles. The zero-order valence-corrected chi connectivity index (χ0v) is 15.3. The lowest BCUT2D eigenvalue weighted by molar-refractivity contribution is 0.0699. The Morgan fingerprint density at radius 2 is 1.81 bits per heavy atom. The molecule has 6 heteroatoms. The summed E-state index contributed by atoms with van der Waals surface area (Å²) >= 11 is 5.96. The molecule has 4 rings (SSSR count). The van der Waals surface area contributed by atoms with Gasteiger partial charge in [-0.1, -0.05) is 54.1 Å². The molecule has 0 saturated carbocycles. The number of aromatic nitrogens is 3. The average Bonchev–Trinajstić information content (AvgIpc) is 2.99. The van der Waals surface area contributed by atoms with Crippen LogP contribution in [0.2, 0.25) is 5.02 Å². The van der Waals surface area contributed by atoms with Crippen LogP contribution >= 0.6 is 11.6 Å². The minimum Gasteiger partial charge on any atom is -0.478 e. The maximum Gasteiger partial charge on any atom is 0.336 e. The third kappa shape index (κ3) is 3.29. The number of rotatable bonds is 4. The van der Waals surface area contributed by atoms with Gasteiger partial charge in [0.2, 0.25) is 0 Å². The summed E-state index contributed by atoms with van der Waals surface area (Å²) in [6.07, 6.45) is 0. The normalized spacial score (nSPS) is 11.0. The molecule has 5 nitrogen and oxygen atoms in total. The highest BCUT2D eigenvalue weighted by Gasteiger charge is 2.19. The molecule has 0 bridgehead atoms. The molecule has 0 unspecified atom stereocenters. The first-order valence-corrected chi connectivity index (χ1v) is 8.82. The second-order valence-corrected chi connectivity index (χ2v) is 6.73. The van der Waals surface area contributed by atoms with E-state index in [0.717, 1.165) is 11.1 Å². The van der Waals surface area contributed by atoms with Crippen LogP contribution in [0.25, 0.3) is 22.3 Å². The topological polar surface area (TPSA) is 68.0 Å². The Bertz CT molecular complexity index is 1140. The van der Waals surface area contributed by atoms with Gasteiger partial charge in [-0.15, -0.1) is 0 Å². The van der Waals surface area contributed by atoms with Gasteiger partial charge in [0.05, 0.1) is 28.9 Å². The summed E-state index contributed by atoms with van der Waals surface area (Å²) in [6, 6.07) is 18.6. The maximum absolute atomic E-state index is 11.9. The predicted octanol–water partition coefficient (Wildman–Crippen LogP) is 4.81. The number of fused-ring (bicyclic) bond motifs is 1. The van der Waals surface area contributed by atoms with Crippen LogP contribution in [0.3, 0.4) is 0 Å². The van der Waals surface area contributed by atoms with Crippen molar-refractivity contribution < 1.29 is 9.90 Å². The van der Waals surface area contributed by atoms with Gasteiger partial charge in [-0.3, -0.25) is 0 Å². The average molecular weight is 378 g/mol. The van der Waals surface area contributed by atoms with Gasteiger partial charge in [-0.05, 0) is 30.7 Å². The lowest BCUT2D eigenvalue weighted by atomic mass is 10.1. The molecule has 0 saturated heterocycles. The molecule has 0 aliphatic heterocycles. The van der Waals surface area contributed by atoms with Crippen LogP contribution in [0.4, 0.5) is 0 Å². The maximum atomic E-state index is 11.9. The molecule has 0 spiro atoms. The number of pyridine rings is 1. The van der Waals surface area contributed by atoms with Gasteiger partial charge in [0, 0.05) is 10.6 Å². The quantitative estimate of drug-likeness (QED) is 0.554. The first kappa shape index (κ1) is 17.2. The van der Waals surface area contributed by atoms with E-state index in [1.807, 2.05) is 54.6 Å². The number of carbonyl (C=O) groups is 1. The zero-order chi connectivity index (χ0) is 19.0. The van der Waals surface area contributed by atoms with Crippen molar-refractivity contribution in [3.8, 4) is 11.3 Å². The number of aromatic carboxylic acids is 1. The summed E-state index contributed by atoms with van der Waals surface area (Å²) in [5, 5.41) is 15.5. The molecular weight excluding hydrogens is 362 g/mol. The Kier molecular flexibility index (Phi) is 4.38. The molecule has 0 fully saturated rings. The van der Waals surface area contributed by atoms with E-state index in [2.05, 4.69) is 5.10 Å². The van der Waals surface area contributed by atoms with Crippen molar-refractivity contribution in [1.82, 2.24) is 14.8 Å². The summed E-state index contributed by atoms with van der Waals surface area (Å²) in [6.45, 7) is 2.28. The molecule has 0 amide bonds. The molecule has 0 atom stereocenters. The smallest absolute Gasteiger partial charge is 0.336 e. The van der Waals surface area contributed by atoms with Gasteiger partial charge < -0.3 is 5.11 Å². The third-order valence-electron chi connectivity index (χ3n) is 4.42. The highest BCUT2D eigenvalue weighted by molar-refractivity contribution is 6.30. The molecule has 0 aliphatic carbocycles. The van der Waals surface area contributed by atoms with Crippen LogP contribution in [-0.2, 0) is 6.54 Å². The van der Waals surface area contributed by atoms with E-state index in [1.54, 1.807) is 17.7 Å². The van der Waals surface area contributed by atoms with E-state index in [4.69, 9.17) is 16.6 Å². The number of halogens is 1. The number of hydrogen-bond donors (Lipinski definition) is 1. The molecule has 2 aromatic carbocycles. The monoisotopic (exact) mass is 377 g/mol. The van der Waals surface area contributed by atoms with Crippen molar-refractivity contribution >= 4 is 28.6 Å². The molecule has 1 N–H and O–H groups in total. The molecular formula is C21H16ClN3O2. The molecule has 0 radical (unpaired) electrons. The Labute approximate surface area is 160 Å². The van der Waals surface area contributed by atoms with E-state index < -0.39 is 5.97 Å². The summed E-state index contributed by atoms with van der Waals surface area (Å²) < 4.78 is 1.74. The van der Waals surface area contributed by atoms with Crippen molar-refractivity contribution in [1.29, 1.82) is 0 Å². The highest BCUT2D eigenvalue weighted by atomic mass is 35.5. The number of benzene rings is 2. The largest absolute Gasteiger partial charge is 0.478 e. The predicted molar refractivity (Wildman–Crippen MR) is 105 cm³/mol. The first-order chi connectivity index (χ1) is 13.0. The SMILES string of the molecule is Cc1nn(Cc2ccc(Cl)cc2)c2nc(-c3ccccc3)cc(C(=O)O)c12. The Balaban J connectivity index is 1.91. The van der Waals surface area contributed by atoms with Gasteiger partial charge in [0.15, 0.2) is 5.65 Å². The van der Waals surface area contributed by atoms with Gasteiger partial charge in [-0.2, -0.15) is 5.10 Å². The van der Waals surface area contributed by atoms with Crippen LogP contribution < -0.4 is 0 Å². The summed E-state index contributed by atoms with van der Waals surface area (Å²) in [5.41, 5.74) is 3.88. The number of aryl methyl sites for hydroxylation is 1. The fourth-order valence-corrected chi connectivity index (χ4v) is 3.28. The number of hydrogen-bond acceptors (Lipinski definition) is 3. The standard InChI is InChI=1S/C21H16ClN3O2/c1-13-19-17(21(26)27)11-18(15-5-3-2-4-6-15)23-20(19)25(24-13)12-14-7-9-16(22)10-8-14/h2-11H,12H2,1H3,(H,26,27). The van der Waals surface area contributed by atoms with Crippen LogP contribution in [-0.4, -0.2) is 25.8 Å². The van der Waals surface area contributed by atoms with E-state index >= 15 is 0 Å². The lowest BCUT2D eigenvalue weighted by Gasteiger charge is -2.07.